The van der Waals surface area contributed by atoms with Gasteiger partial charge in [-0.25, -0.2) is 0 Å². The maximum absolute atomic E-state index is 12.6. The van der Waals surface area contributed by atoms with Crippen molar-refractivity contribution in [2.45, 2.75) is 31.2 Å². The van der Waals surface area contributed by atoms with Crippen LogP contribution in [0.25, 0.3) is 5.69 Å². The molecule has 0 spiro atoms. The summed E-state index contributed by atoms with van der Waals surface area (Å²) in [5.74, 6) is 1.26. The molecular weight excluding hydrogens is 390 g/mol. The number of aromatic nitrogens is 4. The lowest BCUT2D eigenvalue weighted by Crippen LogP contribution is -2.23. The maximum atomic E-state index is 12.6. The van der Waals surface area contributed by atoms with E-state index in [9.17, 15) is 4.79 Å². The molecule has 0 unspecified atom stereocenters. The van der Waals surface area contributed by atoms with Gasteiger partial charge in [-0.3, -0.25) is 4.79 Å². The molecule has 0 saturated heterocycles. The van der Waals surface area contributed by atoms with Gasteiger partial charge in [0.1, 0.15) is 17.2 Å². The molecule has 0 radical (unpaired) electrons. The zero-order valence-corrected chi connectivity index (χ0v) is 17.6. The van der Waals surface area contributed by atoms with E-state index in [0.717, 1.165) is 17.0 Å². The summed E-state index contributed by atoms with van der Waals surface area (Å²) >= 11 is 1.27. The molecule has 29 heavy (non-hydrogen) atoms. The molecule has 1 atom stereocenters. The molecule has 0 bridgehead atoms. The number of nitrogens with one attached hydrogen (secondary N) is 1. The van der Waals surface area contributed by atoms with Crippen molar-refractivity contribution in [3.63, 3.8) is 0 Å². The van der Waals surface area contributed by atoms with Gasteiger partial charge in [0.25, 0.3) is 0 Å². The minimum absolute atomic E-state index is 0.148. The summed E-state index contributed by atoms with van der Waals surface area (Å²) in [5, 5.41) is 14.9. The molecule has 3 aromatic rings. The van der Waals surface area contributed by atoms with Gasteiger partial charge in [-0.05, 0) is 73.2 Å². The summed E-state index contributed by atoms with van der Waals surface area (Å²) in [7, 11) is 1.60. The first-order valence-electron chi connectivity index (χ1n) is 9.15. The molecule has 1 heterocycles. The summed E-state index contributed by atoms with van der Waals surface area (Å²) < 4.78 is 12.4. The molecule has 1 aromatic heterocycles. The fourth-order valence-electron chi connectivity index (χ4n) is 2.63. The molecule has 1 N–H and O–H groups in total. The summed E-state index contributed by atoms with van der Waals surface area (Å²) in [6.45, 7) is 6.31. The van der Waals surface area contributed by atoms with Gasteiger partial charge in [-0.2, -0.15) is 4.68 Å². The van der Waals surface area contributed by atoms with Crippen LogP contribution in [-0.4, -0.2) is 45.1 Å². The normalized spacial score (nSPS) is 11.7. The highest BCUT2D eigenvalue weighted by Crippen LogP contribution is 2.29. The van der Waals surface area contributed by atoms with Crippen LogP contribution in [0, 0.1) is 6.92 Å². The number of hydrogen-bond acceptors (Lipinski definition) is 7. The van der Waals surface area contributed by atoms with Crippen molar-refractivity contribution in [3.8, 4) is 17.2 Å². The molecule has 0 aliphatic carbocycles. The Labute approximate surface area is 173 Å². The Morgan fingerprint density at radius 2 is 2.00 bits per heavy atom. The van der Waals surface area contributed by atoms with E-state index in [-0.39, 0.29) is 5.91 Å². The van der Waals surface area contributed by atoms with Gasteiger partial charge in [0.15, 0.2) is 0 Å². The Kier molecular flexibility index (Phi) is 6.71. The molecule has 0 aliphatic rings. The molecule has 2 aromatic carbocycles. The van der Waals surface area contributed by atoms with Crippen LogP contribution in [0.5, 0.6) is 11.5 Å². The Balaban J connectivity index is 1.72. The first kappa shape index (κ1) is 20.7. The van der Waals surface area contributed by atoms with Crippen LogP contribution < -0.4 is 14.8 Å². The highest BCUT2D eigenvalue weighted by molar-refractivity contribution is 8.00. The van der Waals surface area contributed by atoms with E-state index in [1.54, 1.807) is 18.7 Å². The van der Waals surface area contributed by atoms with Gasteiger partial charge >= 0.3 is 0 Å². The third kappa shape index (κ3) is 5.05. The predicted octanol–water partition coefficient (Wildman–Crippen LogP) is 3.50. The number of thioether (sulfide) groups is 1. The number of carbonyl (C=O) groups is 1. The Morgan fingerprint density at radius 1 is 1.24 bits per heavy atom. The summed E-state index contributed by atoms with van der Waals surface area (Å²) in [6.07, 6.45) is 0. The molecule has 152 valence electrons. The third-order valence-electron chi connectivity index (χ3n) is 4.09. The molecule has 8 nitrogen and oxygen atoms in total. The molecule has 0 fully saturated rings. The fourth-order valence-corrected chi connectivity index (χ4v) is 3.43. The first-order valence-corrected chi connectivity index (χ1v) is 10.0. The number of anilines is 1. The van der Waals surface area contributed by atoms with Gasteiger partial charge in [0.05, 0.1) is 19.0 Å². The molecule has 0 saturated carbocycles. The van der Waals surface area contributed by atoms with Crippen molar-refractivity contribution in [2.75, 3.05) is 19.0 Å². The highest BCUT2D eigenvalue weighted by atomic mass is 32.2. The maximum Gasteiger partial charge on any atom is 0.237 e. The zero-order chi connectivity index (χ0) is 20.8. The summed E-state index contributed by atoms with van der Waals surface area (Å²) in [6, 6.07) is 13.0. The van der Waals surface area contributed by atoms with E-state index in [1.165, 1.54) is 11.8 Å². The number of benzene rings is 2. The standard InChI is InChI=1S/C20H23N5O3S/c1-5-28-16-9-7-15(8-10-16)21-19(26)14(3)29-20-22-23-24-25(20)17-12-13(2)6-11-18(17)27-4/h6-12,14H,5H2,1-4H3,(H,21,26)/t14-/m1/s1. The monoisotopic (exact) mass is 413 g/mol. The van der Waals surface area contributed by atoms with E-state index < -0.39 is 5.25 Å². The Hall–Kier alpha value is -3.07. The van der Waals surface area contributed by atoms with Crippen molar-refractivity contribution >= 4 is 23.4 Å². The topological polar surface area (TPSA) is 91.2 Å². The first-order chi connectivity index (χ1) is 14.0. The number of rotatable bonds is 8. The summed E-state index contributed by atoms with van der Waals surface area (Å²) in [5.41, 5.74) is 2.47. The molecular formula is C20H23N5O3S. The van der Waals surface area contributed by atoms with E-state index in [1.807, 2.05) is 56.3 Å². The van der Waals surface area contributed by atoms with Crippen LogP contribution >= 0.6 is 11.8 Å². The van der Waals surface area contributed by atoms with Crippen molar-refractivity contribution in [3.05, 3.63) is 48.0 Å². The zero-order valence-electron chi connectivity index (χ0n) is 16.7. The number of nitrogens with zero attached hydrogens (tertiary/aromatic N) is 4. The SMILES string of the molecule is CCOc1ccc(NC(=O)[C@@H](C)Sc2nnnn2-c2cc(C)ccc2OC)cc1. The average molecular weight is 414 g/mol. The summed E-state index contributed by atoms with van der Waals surface area (Å²) in [4.78, 5) is 12.6. The second-order valence-electron chi connectivity index (χ2n) is 6.26. The van der Waals surface area contributed by atoms with Crippen LogP contribution in [0.15, 0.2) is 47.6 Å². The van der Waals surface area contributed by atoms with E-state index >= 15 is 0 Å². The third-order valence-corrected chi connectivity index (χ3v) is 5.12. The van der Waals surface area contributed by atoms with E-state index in [4.69, 9.17) is 9.47 Å². The minimum atomic E-state index is -0.415. The van der Waals surface area contributed by atoms with Crippen molar-refractivity contribution in [1.82, 2.24) is 20.2 Å². The number of amides is 1. The number of tetrazole rings is 1. The van der Waals surface area contributed by atoms with Crippen LogP contribution in [-0.2, 0) is 4.79 Å². The average Bonchev–Trinajstić information content (AvgIpc) is 3.17. The van der Waals surface area contributed by atoms with Crippen molar-refractivity contribution in [2.24, 2.45) is 0 Å². The number of hydrogen-bond donors (Lipinski definition) is 1. The van der Waals surface area contributed by atoms with Crippen LogP contribution in [0.3, 0.4) is 0 Å². The van der Waals surface area contributed by atoms with Crippen LogP contribution in [0.1, 0.15) is 19.4 Å². The molecule has 1 amide bonds. The highest BCUT2D eigenvalue weighted by Gasteiger charge is 2.21. The molecule has 0 aliphatic heterocycles. The second-order valence-corrected chi connectivity index (χ2v) is 7.56. The van der Waals surface area contributed by atoms with Gasteiger partial charge in [-0.15, -0.1) is 5.10 Å². The van der Waals surface area contributed by atoms with Crippen molar-refractivity contribution < 1.29 is 14.3 Å². The smallest absolute Gasteiger partial charge is 0.237 e. The van der Waals surface area contributed by atoms with Gasteiger partial charge in [0, 0.05) is 5.69 Å². The van der Waals surface area contributed by atoms with E-state index in [2.05, 4.69) is 20.8 Å². The van der Waals surface area contributed by atoms with Crippen molar-refractivity contribution in [1.29, 1.82) is 0 Å². The number of aryl methyl sites for hydroxylation is 1. The van der Waals surface area contributed by atoms with Gasteiger partial charge in [-0.1, -0.05) is 17.8 Å². The lowest BCUT2D eigenvalue weighted by atomic mass is 10.2. The van der Waals surface area contributed by atoms with Crippen LogP contribution in [0.2, 0.25) is 0 Å². The van der Waals surface area contributed by atoms with E-state index in [0.29, 0.717) is 23.2 Å². The lowest BCUT2D eigenvalue weighted by Gasteiger charge is -2.13. The second kappa shape index (κ2) is 9.42. The predicted molar refractivity (Wildman–Crippen MR) is 112 cm³/mol. The lowest BCUT2D eigenvalue weighted by molar-refractivity contribution is -0.115. The molecule has 9 heteroatoms. The Morgan fingerprint density at radius 3 is 2.69 bits per heavy atom. The van der Waals surface area contributed by atoms with Gasteiger partial charge < -0.3 is 14.8 Å². The fraction of sp³-hybridized carbons (Fsp3) is 0.300. The molecule has 3 rings (SSSR count). The quantitative estimate of drug-likeness (QED) is 0.565. The Bertz CT molecular complexity index is 975. The van der Waals surface area contributed by atoms with Gasteiger partial charge in [0.2, 0.25) is 11.1 Å². The minimum Gasteiger partial charge on any atom is -0.494 e. The number of carbonyl (C=O) groups excluding carboxylic acids is 1. The number of methoxy groups -OCH3 is 1. The largest absolute Gasteiger partial charge is 0.494 e. The number of ether oxygens (including phenoxy) is 2. The van der Waals surface area contributed by atoms with Crippen LogP contribution in [0.4, 0.5) is 5.69 Å².